The third-order valence-electron chi connectivity index (χ3n) is 5.32. The van der Waals surface area contributed by atoms with Gasteiger partial charge in [0.2, 0.25) is 0 Å². The number of sulfonamides is 1. The third kappa shape index (κ3) is 5.03. The lowest BCUT2D eigenvalue weighted by molar-refractivity contribution is -0.122. The molecule has 12 heteroatoms. The first-order valence-electron chi connectivity index (χ1n) is 9.91. The number of methoxy groups -OCH3 is 1. The number of benzene rings is 1. The first kappa shape index (κ1) is 24.1. The molecule has 4 rings (SSSR count). The van der Waals surface area contributed by atoms with Crippen LogP contribution in [0.1, 0.15) is 12.8 Å². The molecule has 0 atom stereocenters. The molecule has 0 saturated carbocycles. The van der Waals surface area contributed by atoms with E-state index in [9.17, 15) is 13.2 Å². The van der Waals surface area contributed by atoms with Crippen LogP contribution >= 0.6 is 50.2 Å². The minimum absolute atomic E-state index is 0.210. The number of halogens is 2. The van der Waals surface area contributed by atoms with Crippen LogP contribution in [0.4, 0.5) is 0 Å². The average Bonchev–Trinajstić information content (AvgIpc) is 3.35. The number of fused-ring (bicyclic) bond motifs is 1. The Morgan fingerprint density at radius 2 is 2.00 bits per heavy atom. The van der Waals surface area contributed by atoms with Crippen molar-refractivity contribution in [1.82, 2.24) is 8.87 Å². The maximum atomic E-state index is 13.0. The van der Waals surface area contributed by atoms with Gasteiger partial charge in [-0.2, -0.15) is 9.30 Å². The number of nitrogens with zero attached hydrogens (tertiary/aromatic N) is 3. The highest BCUT2D eigenvalue weighted by molar-refractivity contribution is 9.10. The van der Waals surface area contributed by atoms with Gasteiger partial charge in [0, 0.05) is 37.1 Å². The van der Waals surface area contributed by atoms with Crippen LogP contribution in [0.25, 0.3) is 10.2 Å². The maximum absolute atomic E-state index is 13.0. The van der Waals surface area contributed by atoms with Gasteiger partial charge in [-0.05, 0) is 43.2 Å². The van der Waals surface area contributed by atoms with E-state index in [0.717, 1.165) is 26.0 Å². The Kier molecular flexibility index (Phi) is 7.55. The number of hydrogen-bond donors (Lipinski definition) is 0. The molecule has 3 heterocycles. The fraction of sp³-hybridized carbons (Fsp3) is 0.400. The first-order valence-corrected chi connectivity index (χ1v) is 14.2. The van der Waals surface area contributed by atoms with Crippen molar-refractivity contribution in [3.05, 3.63) is 43.9 Å². The van der Waals surface area contributed by atoms with E-state index in [2.05, 4.69) is 20.9 Å². The van der Waals surface area contributed by atoms with Crippen molar-refractivity contribution in [3.8, 4) is 0 Å². The normalized spacial score (nSPS) is 16.8. The van der Waals surface area contributed by atoms with Crippen LogP contribution in [0.5, 0.6) is 0 Å². The van der Waals surface area contributed by atoms with Gasteiger partial charge in [-0.1, -0.05) is 38.9 Å². The molecule has 0 unspecified atom stereocenters. The SMILES string of the molecule is COCCn1c(=NC(=O)C2CCN(S(=O)(=O)c3ccc(Cl)s3)CC2)sc2cc(Br)ccc21. The van der Waals surface area contributed by atoms with Crippen molar-refractivity contribution in [2.24, 2.45) is 10.9 Å². The smallest absolute Gasteiger partial charge is 0.252 e. The van der Waals surface area contributed by atoms with E-state index in [1.165, 1.54) is 21.7 Å². The van der Waals surface area contributed by atoms with Crippen LogP contribution in [-0.2, 0) is 26.1 Å². The topological polar surface area (TPSA) is 81.0 Å². The zero-order chi connectivity index (χ0) is 22.9. The molecule has 1 aromatic carbocycles. The quantitative estimate of drug-likeness (QED) is 0.435. The maximum Gasteiger partial charge on any atom is 0.252 e. The fourth-order valence-corrected chi connectivity index (χ4v) is 8.34. The zero-order valence-corrected chi connectivity index (χ0v) is 22.0. The lowest BCUT2D eigenvalue weighted by atomic mass is 9.98. The molecule has 1 aliphatic heterocycles. The Labute approximate surface area is 207 Å². The monoisotopic (exact) mass is 577 g/mol. The molecule has 0 aliphatic carbocycles. The third-order valence-corrected chi connectivity index (χ3v) is 10.4. The van der Waals surface area contributed by atoms with Gasteiger partial charge in [0.15, 0.2) is 4.80 Å². The summed E-state index contributed by atoms with van der Waals surface area (Å²) in [5.74, 6) is -0.515. The second kappa shape index (κ2) is 10.0. The van der Waals surface area contributed by atoms with Gasteiger partial charge in [-0.25, -0.2) is 8.42 Å². The molecule has 2 aromatic heterocycles. The van der Waals surface area contributed by atoms with E-state index in [4.69, 9.17) is 16.3 Å². The molecule has 0 N–H and O–H groups in total. The summed E-state index contributed by atoms with van der Waals surface area (Å²) in [5, 5.41) is 0. The van der Waals surface area contributed by atoms with Gasteiger partial charge in [-0.3, -0.25) is 4.79 Å². The minimum Gasteiger partial charge on any atom is -0.383 e. The summed E-state index contributed by atoms with van der Waals surface area (Å²) in [6.07, 6.45) is 0.879. The molecule has 172 valence electrons. The molecular formula is C20H21BrClN3O4S3. The van der Waals surface area contributed by atoms with E-state index >= 15 is 0 Å². The number of piperidine rings is 1. The molecule has 0 radical (unpaired) electrons. The van der Waals surface area contributed by atoms with Crippen molar-refractivity contribution in [1.29, 1.82) is 0 Å². The second-order valence-electron chi connectivity index (χ2n) is 7.33. The molecule has 1 saturated heterocycles. The number of ether oxygens (including phenoxy) is 1. The summed E-state index contributed by atoms with van der Waals surface area (Å²) >= 11 is 11.9. The number of thiophene rings is 1. The van der Waals surface area contributed by atoms with Crippen LogP contribution < -0.4 is 4.80 Å². The summed E-state index contributed by atoms with van der Waals surface area (Å²) in [5.41, 5.74) is 0.998. The molecule has 7 nitrogen and oxygen atoms in total. The number of amides is 1. The molecule has 32 heavy (non-hydrogen) atoms. The molecular weight excluding hydrogens is 558 g/mol. The predicted octanol–water partition coefficient (Wildman–Crippen LogP) is 4.35. The van der Waals surface area contributed by atoms with Gasteiger partial charge in [0.05, 0.1) is 21.2 Å². The summed E-state index contributed by atoms with van der Waals surface area (Å²) in [6, 6.07) is 9.06. The van der Waals surface area contributed by atoms with Gasteiger partial charge in [0.1, 0.15) is 4.21 Å². The zero-order valence-electron chi connectivity index (χ0n) is 17.2. The Hall–Kier alpha value is -1.08. The number of hydrogen-bond acceptors (Lipinski definition) is 6. The van der Waals surface area contributed by atoms with Crippen LogP contribution in [0, 0.1) is 5.92 Å². The standard InChI is InChI=1S/C20H21BrClN3O4S3/c1-29-11-10-25-15-3-2-14(21)12-16(15)30-20(25)23-19(26)13-6-8-24(9-7-13)32(27,28)18-5-4-17(22)31-18/h2-5,12-13H,6-11H2,1H3. The van der Waals surface area contributed by atoms with Crippen LogP contribution in [0.15, 0.2) is 44.0 Å². The number of thiazole rings is 1. The second-order valence-corrected chi connectivity index (χ2v) is 13.1. The largest absolute Gasteiger partial charge is 0.383 e. The number of carbonyl (C=O) groups is 1. The molecule has 0 spiro atoms. The lowest BCUT2D eigenvalue weighted by Crippen LogP contribution is -2.40. The number of aromatic nitrogens is 1. The molecule has 1 aliphatic rings. The highest BCUT2D eigenvalue weighted by Gasteiger charge is 2.33. The van der Waals surface area contributed by atoms with Crippen molar-refractivity contribution >= 4 is 76.4 Å². The molecule has 0 bridgehead atoms. The Morgan fingerprint density at radius 1 is 1.25 bits per heavy atom. The van der Waals surface area contributed by atoms with E-state index in [1.807, 2.05) is 22.8 Å². The van der Waals surface area contributed by atoms with E-state index in [1.54, 1.807) is 13.2 Å². The lowest BCUT2D eigenvalue weighted by Gasteiger charge is -2.29. The molecule has 1 fully saturated rings. The minimum atomic E-state index is -3.58. The summed E-state index contributed by atoms with van der Waals surface area (Å²) < 4.78 is 36.9. The summed E-state index contributed by atoms with van der Waals surface area (Å²) in [6.45, 7) is 1.66. The van der Waals surface area contributed by atoms with Crippen molar-refractivity contribution in [2.75, 3.05) is 26.8 Å². The predicted molar refractivity (Wildman–Crippen MR) is 131 cm³/mol. The van der Waals surface area contributed by atoms with Gasteiger partial charge in [0.25, 0.3) is 15.9 Å². The van der Waals surface area contributed by atoms with Gasteiger partial charge < -0.3 is 9.30 Å². The Morgan fingerprint density at radius 3 is 2.66 bits per heavy atom. The van der Waals surface area contributed by atoms with Crippen molar-refractivity contribution in [2.45, 2.75) is 23.6 Å². The van der Waals surface area contributed by atoms with Crippen molar-refractivity contribution in [3.63, 3.8) is 0 Å². The summed E-state index contributed by atoms with van der Waals surface area (Å²) in [4.78, 5) is 18.0. The fourth-order valence-electron chi connectivity index (χ4n) is 3.62. The van der Waals surface area contributed by atoms with E-state index in [0.29, 0.717) is 35.1 Å². The number of rotatable bonds is 6. The van der Waals surface area contributed by atoms with E-state index < -0.39 is 10.0 Å². The average molecular weight is 579 g/mol. The van der Waals surface area contributed by atoms with Crippen molar-refractivity contribution < 1.29 is 17.9 Å². The van der Waals surface area contributed by atoms with Gasteiger partial charge >= 0.3 is 0 Å². The molecule has 1 amide bonds. The number of carbonyl (C=O) groups excluding carboxylic acids is 1. The van der Waals surface area contributed by atoms with E-state index in [-0.39, 0.29) is 29.1 Å². The molecule has 3 aromatic rings. The highest BCUT2D eigenvalue weighted by Crippen LogP contribution is 2.31. The Bertz CT molecular complexity index is 1310. The van der Waals surface area contributed by atoms with Gasteiger partial charge in [-0.15, -0.1) is 11.3 Å². The van der Waals surface area contributed by atoms with Crippen LogP contribution in [0.2, 0.25) is 4.34 Å². The van der Waals surface area contributed by atoms with Crippen LogP contribution in [0.3, 0.4) is 0 Å². The first-order chi connectivity index (χ1) is 15.3. The van der Waals surface area contributed by atoms with Crippen LogP contribution in [-0.4, -0.2) is 50.0 Å². The Balaban J connectivity index is 1.53. The highest BCUT2D eigenvalue weighted by atomic mass is 79.9. The summed E-state index contributed by atoms with van der Waals surface area (Å²) in [7, 11) is -1.94.